The van der Waals surface area contributed by atoms with Crippen molar-refractivity contribution in [2.45, 2.75) is 52.8 Å². The van der Waals surface area contributed by atoms with E-state index in [-0.39, 0.29) is 12.1 Å². The molecule has 0 aliphatic carbocycles. The summed E-state index contributed by atoms with van der Waals surface area (Å²) in [6.45, 7) is 11.1. The maximum atomic E-state index is 11.5. The number of rotatable bonds is 5. The van der Waals surface area contributed by atoms with Crippen molar-refractivity contribution in [3.63, 3.8) is 0 Å². The van der Waals surface area contributed by atoms with Crippen molar-refractivity contribution in [2.75, 3.05) is 6.54 Å². The van der Waals surface area contributed by atoms with Crippen molar-refractivity contribution in [2.24, 2.45) is 0 Å². The lowest BCUT2D eigenvalue weighted by Crippen LogP contribution is -2.41. The molecule has 0 bridgehead atoms. The fourth-order valence-electron chi connectivity index (χ4n) is 1.47. The van der Waals surface area contributed by atoms with Crippen molar-refractivity contribution >= 4 is 17.4 Å². The first-order chi connectivity index (χ1) is 8.78. The van der Waals surface area contributed by atoms with Crippen molar-refractivity contribution < 1.29 is 9.53 Å². The highest BCUT2D eigenvalue weighted by molar-refractivity contribution is 7.08. The highest BCUT2D eigenvalue weighted by atomic mass is 32.1. The Morgan fingerprint density at radius 2 is 2.11 bits per heavy atom. The predicted octanol–water partition coefficient (Wildman–Crippen LogP) is 3.06. The Bertz CT molecular complexity index is 410. The van der Waals surface area contributed by atoms with Crippen molar-refractivity contribution in [3.05, 3.63) is 21.9 Å². The number of carbonyl (C=O) groups is 1. The number of aryl methyl sites for hydroxylation is 1. The normalized spacial score (nSPS) is 13.1. The zero-order chi connectivity index (χ0) is 14.5. The van der Waals surface area contributed by atoms with E-state index in [9.17, 15) is 4.79 Å². The zero-order valence-electron chi connectivity index (χ0n) is 12.4. The van der Waals surface area contributed by atoms with Crippen LogP contribution in [0.1, 0.15) is 38.8 Å². The molecule has 0 saturated carbocycles. The standard InChI is InChI=1S/C14H24N2O2S/c1-10-8-19-9-12(10)7-15-11(2)6-16-13(17)18-14(3,4)5/h8-9,11,15H,6-7H2,1-5H3,(H,16,17). The van der Waals surface area contributed by atoms with Crippen LogP contribution in [0.3, 0.4) is 0 Å². The first-order valence-corrected chi connectivity index (χ1v) is 7.44. The van der Waals surface area contributed by atoms with E-state index in [1.807, 2.05) is 27.7 Å². The third kappa shape index (κ3) is 6.59. The van der Waals surface area contributed by atoms with Gasteiger partial charge < -0.3 is 15.4 Å². The molecule has 0 aliphatic heterocycles. The van der Waals surface area contributed by atoms with Crippen molar-refractivity contribution in [1.82, 2.24) is 10.6 Å². The molecule has 0 spiro atoms. The largest absolute Gasteiger partial charge is 0.444 e. The lowest BCUT2D eigenvalue weighted by Gasteiger charge is -2.21. The van der Waals surface area contributed by atoms with Gasteiger partial charge in [-0.25, -0.2) is 4.79 Å². The van der Waals surface area contributed by atoms with Gasteiger partial charge in [0.25, 0.3) is 0 Å². The molecule has 2 N–H and O–H groups in total. The molecule has 5 heteroatoms. The average Bonchev–Trinajstić information content (AvgIpc) is 2.67. The van der Waals surface area contributed by atoms with Crippen LogP contribution in [0.4, 0.5) is 4.79 Å². The lowest BCUT2D eigenvalue weighted by atomic mass is 10.2. The molecular weight excluding hydrogens is 260 g/mol. The van der Waals surface area contributed by atoms with E-state index >= 15 is 0 Å². The first-order valence-electron chi connectivity index (χ1n) is 6.50. The molecule has 0 aliphatic rings. The van der Waals surface area contributed by atoms with Gasteiger partial charge in [0.05, 0.1) is 0 Å². The second kappa shape index (κ2) is 6.91. The Hall–Kier alpha value is -1.07. The van der Waals surface area contributed by atoms with Crippen LogP contribution in [0.15, 0.2) is 10.8 Å². The maximum Gasteiger partial charge on any atom is 0.407 e. The van der Waals surface area contributed by atoms with Gasteiger partial charge in [-0.05, 0) is 56.5 Å². The molecule has 1 unspecified atom stereocenters. The van der Waals surface area contributed by atoms with Gasteiger partial charge >= 0.3 is 6.09 Å². The SMILES string of the molecule is Cc1cscc1CNC(C)CNC(=O)OC(C)(C)C. The molecule has 4 nitrogen and oxygen atoms in total. The monoisotopic (exact) mass is 284 g/mol. The van der Waals surface area contributed by atoms with Crippen LogP contribution in [0.25, 0.3) is 0 Å². The second-order valence-electron chi connectivity index (χ2n) is 5.74. The van der Waals surface area contributed by atoms with E-state index in [4.69, 9.17) is 4.74 Å². The summed E-state index contributed by atoms with van der Waals surface area (Å²) in [5.74, 6) is 0. The third-order valence-corrected chi connectivity index (χ3v) is 3.46. The number of ether oxygens (including phenoxy) is 1. The number of thiophene rings is 1. The molecule has 0 radical (unpaired) electrons. The third-order valence-electron chi connectivity index (χ3n) is 2.55. The highest BCUT2D eigenvalue weighted by Gasteiger charge is 2.16. The summed E-state index contributed by atoms with van der Waals surface area (Å²) >= 11 is 1.71. The fraction of sp³-hybridized carbons (Fsp3) is 0.643. The van der Waals surface area contributed by atoms with Crippen molar-refractivity contribution in [1.29, 1.82) is 0 Å². The smallest absolute Gasteiger partial charge is 0.407 e. The van der Waals surface area contributed by atoms with Gasteiger partial charge in [-0.2, -0.15) is 11.3 Å². The van der Waals surface area contributed by atoms with Crippen LogP contribution in [-0.4, -0.2) is 24.3 Å². The van der Waals surface area contributed by atoms with Gasteiger partial charge in [0.1, 0.15) is 5.60 Å². The number of hydrogen-bond acceptors (Lipinski definition) is 4. The fourth-order valence-corrected chi connectivity index (χ4v) is 2.33. The summed E-state index contributed by atoms with van der Waals surface area (Å²) in [6, 6.07) is 0.201. The molecule has 1 atom stereocenters. The summed E-state index contributed by atoms with van der Waals surface area (Å²) in [5.41, 5.74) is 2.17. The average molecular weight is 284 g/mol. The van der Waals surface area contributed by atoms with Gasteiger partial charge in [0.2, 0.25) is 0 Å². The molecule has 1 heterocycles. The Morgan fingerprint density at radius 1 is 1.42 bits per heavy atom. The minimum Gasteiger partial charge on any atom is -0.444 e. The molecule has 1 aromatic heterocycles. The second-order valence-corrected chi connectivity index (χ2v) is 6.49. The van der Waals surface area contributed by atoms with Gasteiger partial charge in [0.15, 0.2) is 0 Å². The van der Waals surface area contributed by atoms with Crippen LogP contribution in [0.2, 0.25) is 0 Å². The zero-order valence-corrected chi connectivity index (χ0v) is 13.2. The molecule has 1 rings (SSSR count). The van der Waals surface area contributed by atoms with Crippen LogP contribution >= 0.6 is 11.3 Å². The molecular formula is C14H24N2O2S. The Labute approximate surface area is 119 Å². The summed E-state index contributed by atoms with van der Waals surface area (Å²) in [6.07, 6.45) is -0.368. The molecule has 19 heavy (non-hydrogen) atoms. The van der Waals surface area contributed by atoms with E-state index in [1.165, 1.54) is 11.1 Å². The van der Waals surface area contributed by atoms with E-state index < -0.39 is 5.60 Å². The molecule has 1 aromatic rings. The minimum atomic E-state index is -0.450. The van der Waals surface area contributed by atoms with Gasteiger partial charge in [-0.15, -0.1) is 0 Å². The number of amides is 1. The Balaban J connectivity index is 2.23. The van der Waals surface area contributed by atoms with E-state index in [0.29, 0.717) is 6.54 Å². The van der Waals surface area contributed by atoms with Gasteiger partial charge in [0, 0.05) is 19.1 Å². The van der Waals surface area contributed by atoms with E-state index in [1.54, 1.807) is 11.3 Å². The first kappa shape index (κ1) is 16.0. The van der Waals surface area contributed by atoms with Crippen LogP contribution in [0, 0.1) is 6.92 Å². The predicted molar refractivity (Wildman–Crippen MR) is 79.6 cm³/mol. The van der Waals surface area contributed by atoms with Crippen LogP contribution in [0.5, 0.6) is 0 Å². The summed E-state index contributed by atoms with van der Waals surface area (Å²) in [4.78, 5) is 11.5. The van der Waals surface area contributed by atoms with Gasteiger partial charge in [-0.1, -0.05) is 0 Å². The number of carbonyl (C=O) groups excluding carboxylic acids is 1. The Morgan fingerprint density at radius 3 is 2.63 bits per heavy atom. The highest BCUT2D eigenvalue weighted by Crippen LogP contribution is 2.13. The number of hydrogen-bond donors (Lipinski definition) is 2. The van der Waals surface area contributed by atoms with Gasteiger partial charge in [-0.3, -0.25) is 0 Å². The number of alkyl carbamates (subject to hydrolysis) is 1. The number of nitrogens with one attached hydrogen (secondary N) is 2. The topological polar surface area (TPSA) is 50.4 Å². The van der Waals surface area contributed by atoms with Crippen molar-refractivity contribution in [3.8, 4) is 0 Å². The van der Waals surface area contributed by atoms with Crippen LogP contribution < -0.4 is 10.6 Å². The molecule has 0 aromatic carbocycles. The molecule has 0 fully saturated rings. The summed E-state index contributed by atoms with van der Waals surface area (Å²) in [7, 11) is 0. The maximum absolute atomic E-state index is 11.5. The van der Waals surface area contributed by atoms with Crippen LogP contribution in [-0.2, 0) is 11.3 Å². The molecule has 1 amide bonds. The Kier molecular flexibility index (Phi) is 5.82. The lowest BCUT2D eigenvalue weighted by molar-refractivity contribution is 0.0523. The quantitative estimate of drug-likeness (QED) is 0.873. The summed E-state index contributed by atoms with van der Waals surface area (Å²) in [5, 5.41) is 10.4. The minimum absolute atomic E-state index is 0.201. The molecule has 108 valence electrons. The molecule has 0 saturated heterocycles. The summed E-state index contributed by atoms with van der Waals surface area (Å²) < 4.78 is 5.18. The van der Waals surface area contributed by atoms with E-state index in [2.05, 4.69) is 28.3 Å². The van der Waals surface area contributed by atoms with E-state index in [0.717, 1.165) is 6.54 Å².